The second kappa shape index (κ2) is 5.63. The molecule has 0 saturated carbocycles. The number of benzene rings is 1. The highest BCUT2D eigenvalue weighted by atomic mass is 32.2. The van der Waals surface area contributed by atoms with Crippen molar-refractivity contribution in [2.75, 3.05) is 0 Å². The fraction of sp³-hybridized carbons (Fsp3) is 0.0556. The first-order chi connectivity index (χ1) is 10.8. The zero-order chi connectivity index (χ0) is 14.9. The van der Waals surface area contributed by atoms with Crippen molar-refractivity contribution in [3.8, 4) is 10.6 Å². The fourth-order valence-electron chi connectivity index (χ4n) is 2.36. The molecule has 0 aliphatic carbocycles. The number of aryl methyl sites for hydroxylation is 1. The minimum Gasteiger partial charge on any atom is -0.294 e. The summed E-state index contributed by atoms with van der Waals surface area (Å²) >= 11 is 3.49. The van der Waals surface area contributed by atoms with Gasteiger partial charge in [0.05, 0.1) is 4.88 Å². The Morgan fingerprint density at radius 2 is 1.86 bits per heavy atom. The summed E-state index contributed by atoms with van der Waals surface area (Å²) in [7, 11) is 0. The third kappa shape index (κ3) is 2.45. The van der Waals surface area contributed by atoms with Gasteiger partial charge in [0.15, 0.2) is 0 Å². The van der Waals surface area contributed by atoms with Crippen LogP contribution in [-0.4, -0.2) is 9.38 Å². The van der Waals surface area contributed by atoms with Gasteiger partial charge < -0.3 is 0 Å². The number of nitrogens with zero attached hydrogens (tertiary/aromatic N) is 2. The monoisotopic (exact) mass is 322 g/mol. The maximum absolute atomic E-state index is 4.82. The van der Waals surface area contributed by atoms with Gasteiger partial charge in [-0.25, -0.2) is 4.98 Å². The summed E-state index contributed by atoms with van der Waals surface area (Å²) in [5, 5.41) is 3.27. The average Bonchev–Trinajstić information content (AvgIpc) is 3.18. The summed E-state index contributed by atoms with van der Waals surface area (Å²) in [5.74, 6) is 0. The maximum Gasteiger partial charge on any atom is 0.138 e. The van der Waals surface area contributed by atoms with Crippen LogP contribution in [0.3, 0.4) is 0 Å². The van der Waals surface area contributed by atoms with Crippen LogP contribution in [-0.2, 0) is 0 Å². The first-order valence-corrected chi connectivity index (χ1v) is 8.76. The summed E-state index contributed by atoms with van der Waals surface area (Å²) in [6.07, 6.45) is 2.08. The van der Waals surface area contributed by atoms with Crippen molar-refractivity contribution < 1.29 is 0 Å². The van der Waals surface area contributed by atoms with Crippen LogP contribution in [0.5, 0.6) is 0 Å². The molecule has 4 rings (SSSR count). The van der Waals surface area contributed by atoms with Gasteiger partial charge >= 0.3 is 0 Å². The van der Waals surface area contributed by atoms with E-state index in [1.54, 1.807) is 23.1 Å². The van der Waals surface area contributed by atoms with Crippen molar-refractivity contribution >= 4 is 28.7 Å². The molecule has 0 saturated heterocycles. The first-order valence-electron chi connectivity index (χ1n) is 7.07. The van der Waals surface area contributed by atoms with E-state index in [-0.39, 0.29) is 0 Å². The van der Waals surface area contributed by atoms with E-state index in [2.05, 4.69) is 65.4 Å². The van der Waals surface area contributed by atoms with Gasteiger partial charge in [-0.3, -0.25) is 4.40 Å². The second-order valence-corrected chi connectivity index (χ2v) is 7.10. The van der Waals surface area contributed by atoms with E-state index in [9.17, 15) is 0 Å². The topological polar surface area (TPSA) is 17.3 Å². The predicted octanol–water partition coefficient (Wildman–Crippen LogP) is 5.52. The third-order valence-electron chi connectivity index (χ3n) is 3.48. The van der Waals surface area contributed by atoms with E-state index in [1.807, 2.05) is 12.1 Å². The summed E-state index contributed by atoms with van der Waals surface area (Å²) < 4.78 is 2.17. The van der Waals surface area contributed by atoms with E-state index in [0.29, 0.717) is 0 Å². The molecular formula is C18H14N2S2. The van der Waals surface area contributed by atoms with E-state index in [4.69, 9.17) is 4.98 Å². The Kier molecular flexibility index (Phi) is 3.48. The number of hydrogen-bond acceptors (Lipinski definition) is 3. The van der Waals surface area contributed by atoms with Gasteiger partial charge in [0, 0.05) is 11.1 Å². The van der Waals surface area contributed by atoms with Crippen LogP contribution in [0.1, 0.15) is 5.56 Å². The molecule has 0 amide bonds. The van der Waals surface area contributed by atoms with Gasteiger partial charge in [-0.05, 0) is 42.6 Å². The highest BCUT2D eigenvalue weighted by Crippen LogP contribution is 2.38. The molecule has 0 spiro atoms. The zero-order valence-corrected chi connectivity index (χ0v) is 13.7. The molecule has 1 aromatic carbocycles. The van der Waals surface area contributed by atoms with Gasteiger partial charge in [0.2, 0.25) is 0 Å². The molecule has 22 heavy (non-hydrogen) atoms. The molecule has 0 radical (unpaired) electrons. The quantitative estimate of drug-likeness (QED) is 0.494. The largest absolute Gasteiger partial charge is 0.294 e. The smallest absolute Gasteiger partial charge is 0.138 e. The minimum atomic E-state index is 0.987. The van der Waals surface area contributed by atoms with Crippen molar-refractivity contribution in [1.82, 2.24) is 9.38 Å². The van der Waals surface area contributed by atoms with Crippen LogP contribution in [0.2, 0.25) is 0 Å². The molecule has 0 bridgehead atoms. The van der Waals surface area contributed by atoms with E-state index < -0.39 is 0 Å². The molecule has 108 valence electrons. The van der Waals surface area contributed by atoms with Crippen LogP contribution in [0, 0.1) is 6.92 Å². The fourth-order valence-corrected chi connectivity index (χ4v) is 4.14. The van der Waals surface area contributed by atoms with Gasteiger partial charge in [0.25, 0.3) is 0 Å². The summed E-state index contributed by atoms with van der Waals surface area (Å²) in [5.41, 5.74) is 3.33. The Morgan fingerprint density at radius 3 is 2.64 bits per heavy atom. The number of pyridine rings is 1. The highest BCUT2D eigenvalue weighted by Gasteiger charge is 2.15. The lowest BCUT2D eigenvalue weighted by atomic mass is 10.2. The molecular weight excluding hydrogens is 308 g/mol. The van der Waals surface area contributed by atoms with Crippen LogP contribution in [0.15, 0.2) is 76.1 Å². The molecule has 3 heterocycles. The standard InChI is InChI=1S/C18H14N2S2/c1-13-7-9-14(10-8-13)22-18-17(15-5-4-12-21-15)19-16-6-2-3-11-20(16)18/h2-12H,1H3. The van der Waals surface area contributed by atoms with Crippen molar-refractivity contribution in [1.29, 1.82) is 0 Å². The van der Waals surface area contributed by atoms with Gasteiger partial charge in [-0.15, -0.1) is 11.3 Å². The summed E-state index contributed by atoms with van der Waals surface area (Å²) in [6, 6.07) is 19.0. The molecule has 2 nitrogen and oxygen atoms in total. The number of aromatic nitrogens is 2. The summed E-state index contributed by atoms with van der Waals surface area (Å²) in [4.78, 5) is 7.26. The van der Waals surface area contributed by atoms with Crippen LogP contribution in [0.4, 0.5) is 0 Å². The Labute approximate surface area is 137 Å². The molecule has 0 N–H and O–H groups in total. The molecule has 0 unspecified atom stereocenters. The van der Waals surface area contributed by atoms with Crippen molar-refractivity contribution in [2.24, 2.45) is 0 Å². The normalized spacial score (nSPS) is 11.1. The van der Waals surface area contributed by atoms with E-state index >= 15 is 0 Å². The lowest BCUT2D eigenvalue weighted by Crippen LogP contribution is -1.86. The van der Waals surface area contributed by atoms with Gasteiger partial charge in [0.1, 0.15) is 16.4 Å². The molecule has 4 heteroatoms. The van der Waals surface area contributed by atoms with E-state index in [0.717, 1.165) is 11.3 Å². The van der Waals surface area contributed by atoms with Crippen LogP contribution >= 0.6 is 23.1 Å². The Balaban J connectivity index is 1.87. The molecule has 0 aliphatic heterocycles. The Bertz CT molecular complexity index is 906. The zero-order valence-electron chi connectivity index (χ0n) is 12.1. The van der Waals surface area contributed by atoms with Gasteiger partial charge in [-0.1, -0.05) is 41.6 Å². The summed E-state index contributed by atoms with van der Waals surface area (Å²) in [6.45, 7) is 2.11. The molecule has 0 fully saturated rings. The Hall–Kier alpha value is -2.04. The average molecular weight is 322 g/mol. The van der Waals surface area contributed by atoms with E-state index in [1.165, 1.54) is 20.4 Å². The van der Waals surface area contributed by atoms with Gasteiger partial charge in [-0.2, -0.15) is 0 Å². The third-order valence-corrected chi connectivity index (χ3v) is 5.44. The SMILES string of the molecule is Cc1ccc(Sc2c(-c3cccs3)nc3ccccn23)cc1. The van der Waals surface area contributed by atoms with Crippen molar-refractivity contribution in [3.05, 3.63) is 71.7 Å². The van der Waals surface area contributed by atoms with Crippen molar-refractivity contribution in [3.63, 3.8) is 0 Å². The number of hydrogen-bond donors (Lipinski definition) is 0. The molecule has 3 aromatic heterocycles. The number of fused-ring (bicyclic) bond motifs is 1. The maximum atomic E-state index is 4.82. The minimum absolute atomic E-state index is 0.987. The molecule has 0 aliphatic rings. The molecule has 4 aromatic rings. The lowest BCUT2D eigenvalue weighted by Gasteiger charge is -2.04. The number of thiophene rings is 1. The van der Waals surface area contributed by atoms with Crippen LogP contribution < -0.4 is 0 Å². The predicted molar refractivity (Wildman–Crippen MR) is 93.8 cm³/mol. The highest BCUT2D eigenvalue weighted by molar-refractivity contribution is 7.99. The van der Waals surface area contributed by atoms with Crippen molar-refractivity contribution in [2.45, 2.75) is 16.8 Å². The Morgan fingerprint density at radius 1 is 1.00 bits per heavy atom. The molecule has 0 atom stereocenters. The number of imidazole rings is 1. The number of rotatable bonds is 3. The lowest BCUT2D eigenvalue weighted by molar-refractivity contribution is 1.05. The second-order valence-electron chi connectivity index (χ2n) is 5.09. The first kappa shape index (κ1) is 13.6. The van der Waals surface area contributed by atoms with Crippen LogP contribution in [0.25, 0.3) is 16.2 Å².